The van der Waals surface area contributed by atoms with Gasteiger partial charge in [-0.2, -0.15) is 0 Å². The third-order valence-electron chi connectivity index (χ3n) is 15.2. The molecule has 4 aliphatic heterocycles. The molecule has 384 valence electrons. The SMILES string of the molecule is COC(=O)N[C@H](C(=O)N1CCC[C@H]1c1ncc(-c2cc(F)c3c(c2)O[C@@H](c2cnc(C4CC4)s2)n2c-3cc3cc(-c4cnc([C@@H]5CCCN5C(=O)[C@@H](NC(=O)OC)[C@@H]5CCOC(C)(C)C5)[nH]4)ccc32)[nH]1)C(C)C. The van der Waals surface area contributed by atoms with Gasteiger partial charge < -0.3 is 49.3 Å². The van der Waals surface area contributed by atoms with Gasteiger partial charge in [0.25, 0.3) is 0 Å². The maximum atomic E-state index is 17.0. The molecule has 2 aromatic carbocycles. The number of carbonyl (C=O) groups excluding carboxylic acids is 4. The zero-order valence-electron chi connectivity index (χ0n) is 41.8. The van der Waals surface area contributed by atoms with Crippen LogP contribution in [0.3, 0.4) is 0 Å². The lowest BCUT2D eigenvalue weighted by molar-refractivity contribution is -0.139. The summed E-state index contributed by atoms with van der Waals surface area (Å²) in [6.07, 6.45) is 9.73. The van der Waals surface area contributed by atoms with Crippen molar-refractivity contribution < 1.29 is 42.5 Å². The monoisotopic (exact) mass is 1020 g/mol. The molecule has 0 bridgehead atoms. The summed E-state index contributed by atoms with van der Waals surface area (Å²) in [6.45, 7) is 9.27. The molecule has 3 saturated heterocycles. The Morgan fingerprint density at radius 2 is 1.49 bits per heavy atom. The number of ether oxygens (including phenoxy) is 4. The largest absolute Gasteiger partial charge is 0.464 e. The van der Waals surface area contributed by atoms with Crippen LogP contribution in [0.1, 0.15) is 125 Å². The van der Waals surface area contributed by atoms with Crippen molar-refractivity contribution in [3.05, 3.63) is 82.3 Å². The molecule has 1 aliphatic carbocycles. The van der Waals surface area contributed by atoms with Crippen LogP contribution in [0.5, 0.6) is 5.75 Å². The van der Waals surface area contributed by atoms with E-state index in [4.69, 9.17) is 33.9 Å². The molecule has 20 heteroatoms. The van der Waals surface area contributed by atoms with Crippen LogP contribution < -0.4 is 15.4 Å². The van der Waals surface area contributed by atoms with E-state index in [1.807, 2.05) is 67.6 Å². The zero-order valence-corrected chi connectivity index (χ0v) is 42.6. The van der Waals surface area contributed by atoms with E-state index in [2.05, 4.69) is 26.7 Å². The minimum atomic E-state index is -0.777. The lowest BCUT2D eigenvalue weighted by Gasteiger charge is -2.40. The predicted molar refractivity (Wildman–Crippen MR) is 269 cm³/mol. The molecule has 4 aromatic heterocycles. The van der Waals surface area contributed by atoms with E-state index < -0.39 is 41.9 Å². The average Bonchev–Trinajstić information content (AvgIpc) is 4.10. The fourth-order valence-electron chi connectivity index (χ4n) is 11.3. The van der Waals surface area contributed by atoms with Crippen molar-refractivity contribution in [1.82, 2.24) is 49.9 Å². The lowest BCUT2D eigenvalue weighted by atomic mass is 9.82. The second kappa shape index (κ2) is 19.2. The number of aromatic amines is 2. The van der Waals surface area contributed by atoms with Gasteiger partial charge in [-0.15, -0.1) is 11.3 Å². The second-order valence-corrected chi connectivity index (χ2v) is 22.0. The zero-order chi connectivity index (χ0) is 50.9. The van der Waals surface area contributed by atoms with E-state index in [0.717, 1.165) is 57.7 Å². The molecule has 6 atom stereocenters. The standard InChI is InChI=1S/C53H61FN10O8S/c1-27(2)43(60-51(67)69-5)48(65)62-16-7-9-37(62)46-56-25-35(59-46)31-20-33(54)42-39-21-32-19-29(13-14-36(32)64(39)50(72-40(42)22-31)41-26-57-47(73-41)28-11-12-28)34-24-55-45(58-34)38-10-8-17-63(38)49(66)44(61-52(68)70-6)30-15-18-71-53(3,4)23-30/h13-14,19-22,24-28,30,37-38,43-44,50H,7-12,15-18,23H2,1-6H3,(H,55,58)(H,56,59)(H,60,67)(H,61,68)/t30-,37+,38+,43+,44+,50+/m1/s1. The number of nitrogens with one attached hydrogen (secondary N) is 4. The summed E-state index contributed by atoms with van der Waals surface area (Å²) >= 11 is 1.62. The van der Waals surface area contributed by atoms with Gasteiger partial charge in [-0.25, -0.2) is 28.9 Å². The van der Waals surface area contributed by atoms with E-state index in [1.54, 1.807) is 28.6 Å². The van der Waals surface area contributed by atoms with E-state index in [9.17, 15) is 19.2 Å². The molecule has 5 aliphatic rings. The summed E-state index contributed by atoms with van der Waals surface area (Å²) in [4.78, 5) is 78.8. The number of methoxy groups -OCH3 is 2. The van der Waals surface area contributed by atoms with Gasteiger partial charge in [-0.3, -0.25) is 14.2 Å². The second-order valence-electron chi connectivity index (χ2n) is 20.9. The van der Waals surface area contributed by atoms with E-state index in [0.29, 0.717) is 91.2 Å². The molecule has 6 aromatic rings. The number of aromatic nitrogens is 6. The van der Waals surface area contributed by atoms with Gasteiger partial charge in [0, 0.05) is 48.3 Å². The number of fused-ring (bicyclic) bond motifs is 5. The fourth-order valence-corrected chi connectivity index (χ4v) is 12.5. The minimum absolute atomic E-state index is 0.131. The molecule has 18 nitrogen and oxygen atoms in total. The van der Waals surface area contributed by atoms with Gasteiger partial charge >= 0.3 is 12.2 Å². The Hall–Kier alpha value is -6.80. The summed E-state index contributed by atoms with van der Waals surface area (Å²) in [5.74, 6) is 0.874. The third kappa shape index (κ3) is 9.21. The van der Waals surface area contributed by atoms with Crippen molar-refractivity contribution in [3.8, 4) is 39.5 Å². The first kappa shape index (κ1) is 48.5. The Morgan fingerprint density at radius 3 is 2.15 bits per heavy atom. The van der Waals surface area contributed by atoms with Crippen LogP contribution in [0.2, 0.25) is 0 Å². The summed E-state index contributed by atoms with van der Waals surface area (Å²) in [5, 5.41) is 7.48. The molecule has 4 amide bonds. The number of carbonyl (C=O) groups is 4. The summed E-state index contributed by atoms with van der Waals surface area (Å²) in [7, 11) is 2.57. The Morgan fingerprint density at radius 1 is 0.822 bits per heavy atom. The highest BCUT2D eigenvalue weighted by Gasteiger charge is 2.44. The minimum Gasteiger partial charge on any atom is -0.464 e. The highest BCUT2D eigenvalue weighted by Crippen LogP contribution is 2.50. The van der Waals surface area contributed by atoms with Gasteiger partial charge in [0.15, 0.2) is 0 Å². The quantitative estimate of drug-likeness (QED) is 0.0908. The molecular weight excluding hydrogens is 956 g/mol. The number of benzene rings is 2. The van der Waals surface area contributed by atoms with Crippen molar-refractivity contribution in [1.29, 1.82) is 0 Å². The molecule has 0 unspecified atom stereocenters. The summed E-state index contributed by atoms with van der Waals surface area (Å²) < 4.78 is 41.6. The van der Waals surface area contributed by atoms with Gasteiger partial charge in [0.1, 0.15) is 35.3 Å². The number of halogens is 1. The van der Waals surface area contributed by atoms with E-state index in [-0.39, 0.29) is 35.7 Å². The number of H-pyrrole nitrogens is 2. The first-order chi connectivity index (χ1) is 35.2. The van der Waals surface area contributed by atoms with Crippen LogP contribution in [0.25, 0.3) is 44.7 Å². The summed E-state index contributed by atoms with van der Waals surface area (Å²) in [6, 6.07) is 9.17. The first-order valence-electron chi connectivity index (χ1n) is 25.3. The number of nitrogens with zero attached hydrogens (tertiary/aromatic N) is 6. The van der Waals surface area contributed by atoms with E-state index >= 15 is 4.39 Å². The van der Waals surface area contributed by atoms with E-state index in [1.165, 1.54) is 20.3 Å². The maximum Gasteiger partial charge on any atom is 0.407 e. The van der Waals surface area contributed by atoms with Crippen molar-refractivity contribution in [2.45, 2.75) is 121 Å². The lowest BCUT2D eigenvalue weighted by Crippen LogP contribution is -2.54. The van der Waals surface area contributed by atoms with Gasteiger partial charge in [-0.1, -0.05) is 19.9 Å². The number of thiazole rings is 1. The van der Waals surface area contributed by atoms with Crippen molar-refractivity contribution in [2.24, 2.45) is 11.8 Å². The van der Waals surface area contributed by atoms with Gasteiger partial charge in [0.05, 0.1) is 82.3 Å². The molecule has 4 N–H and O–H groups in total. The fraction of sp³-hybridized carbons (Fsp3) is 0.491. The maximum absolute atomic E-state index is 17.0. The molecule has 0 spiro atoms. The number of hydrogen-bond donors (Lipinski definition) is 4. The number of imidazole rings is 2. The smallest absolute Gasteiger partial charge is 0.407 e. The molecule has 0 radical (unpaired) electrons. The van der Waals surface area contributed by atoms with Crippen LogP contribution in [0.15, 0.2) is 55.0 Å². The number of hydrogen-bond acceptors (Lipinski definition) is 12. The average molecular weight is 1020 g/mol. The number of alkyl carbamates (subject to hydrolysis) is 2. The van der Waals surface area contributed by atoms with Crippen molar-refractivity contribution >= 4 is 46.2 Å². The van der Waals surface area contributed by atoms with Crippen LogP contribution in [0, 0.1) is 17.7 Å². The molecule has 11 rings (SSSR count). The first-order valence-corrected chi connectivity index (χ1v) is 26.2. The normalized spacial score (nSPS) is 22.1. The van der Waals surface area contributed by atoms with Crippen LogP contribution in [-0.4, -0.2) is 115 Å². The Labute approximate surface area is 425 Å². The van der Waals surface area contributed by atoms with Crippen LogP contribution in [-0.2, 0) is 23.8 Å². The van der Waals surface area contributed by atoms with Crippen molar-refractivity contribution in [3.63, 3.8) is 0 Å². The van der Waals surface area contributed by atoms with Crippen LogP contribution >= 0.6 is 11.3 Å². The predicted octanol–water partition coefficient (Wildman–Crippen LogP) is 9.14. The van der Waals surface area contributed by atoms with Crippen molar-refractivity contribution in [2.75, 3.05) is 33.9 Å². The molecule has 73 heavy (non-hydrogen) atoms. The highest BCUT2D eigenvalue weighted by atomic mass is 32.1. The highest BCUT2D eigenvalue weighted by molar-refractivity contribution is 7.11. The van der Waals surface area contributed by atoms with Crippen LogP contribution in [0.4, 0.5) is 14.0 Å². The Bertz CT molecular complexity index is 3100. The Kier molecular flexibility index (Phi) is 12.8. The molecule has 8 heterocycles. The number of amides is 4. The van der Waals surface area contributed by atoms with Gasteiger partial charge in [-0.05, 0) is 107 Å². The van der Waals surface area contributed by atoms with Gasteiger partial charge in [0.2, 0.25) is 18.0 Å². The molecule has 4 fully saturated rings. The summed E-state index contributed by atoms with van der Waals surface area (Å²) in [5.41, 5.74) is 4.13. The number of rotatable bonds is 12. The third-order valence-corrected chi connectivity index (χ3v) is 16.4. The Balaban J connectivity index is 0.893. The topological polar surface area (TPSA) is 211 Å². The number of likely N-dealkylation sites (tertiary alicyclic amines) is 2. The molecule has 1 saturated carbocycles. The molecular formula is C53H61FN10O8S.